The van der Waals surface area contributed by atoms with Gasteiger partial charge in [-0.1, -0.05) is 12.1 Å². The molecular weight excluding hydrogens is 472 g/mol. The lowest BCUT2D eigenvalue weighted by atomic mass is 10.1. The Balaban J connectivity index is 0.00000392. The summed E-state index contributed by atoms with van der Waals surface area (Å²) in [5.41, 5.74) is 3.06. The van der Waals surface area contributed by atoms with Gasteiger partial charge in [0.2, 0.25) is 5.91 Å². The van der Waals surface area contributed by atoms with Crippen molar-refractivity contribution in [3.05, 3.63) is 59.0 Å². The van der Waals surface area contributed by atoms with Crippen molar-refractivity contribution < 1.29 is 9.18 Å². The van der Waals surface area contributed by atoms with Crippen LogP contribution in [0.3, 0.4) is 0 Å². The monoisotopic (exact) mass is 499 g/mol. The van der Waals surface area contributed by atoms with E-state index in [2.05, 4.69) is 25.9 Å². The SMILES string of the molecule is CN=C(NCCC(=O)Nc1ccc(C)cn1)NCCc1ccc(F)cc1C.I. The predicted octanol–water partition coefficient (Wildman–Crippen LogP) is 3.19. The van der Waals surface area contributed by atoms with E-state index in [1.165, 1.54) is 12.1 Å². The van der Waals surface area contributed by atoms with Crippen LogP contribution < -0.4 is 16.0 Å². The summed E-state index contributed by atoms with van der Waals surface area (Å²) in [7, 11) is 1.68. The summed E-state index contributed by atoms with van der Waals surface area (Å²) in [5.74, 6) is 0.829. The molecule has 1 heterocycles. The molecule has 1 aromatic carbocycles. The minimum Gasteiger partial charge on any atom is -0.356 e. The smallest absolute Gasteiger partial charge is 0.227 e. The molecule has 1 amide bonds. The van der Waals surface area contributed by atoms with Crippen LogP contribution in [-0.4, -0.2) is 37.0 Å². The van der Waals surface area contributed by atoms with E-state index in [-0.39, 0.29) is 35.7 Å². The van der Waals surface area contributed by atoms with Crippen LogP contribution in [0.15, 0.2) is 41.5 Å². The van der Waals surface area contributed by atoms with Gasteiger partial charge in [-0.15, -0.1) is 24.0 Å². The average Bonchev–Trinajstić information content (AvgIpc) is 2.64. The molecular formula is C20H27FIN5O. The Labute approximate surface area is 182 Å². The molecule has 0 unspecified atom stereocenters. The van der Waals surface area contributed by atoms with E-state index in [0.717, 1.165) is 23.1 Å². The maximum absolute atomic E-state index is 13.1. The average molecular weight is 499 g/mol. The second kappa shape index (κ2) is 12.3. The fourth-order valence-corrected chi connectivity index (χ4v) is 2.52. The summed E-state index contributed by atoms with van der Waals surface area (Å²) < 4.78 is 13.1. The molecule has 3 N–H and O–H groups in total. The zero-order chi connectivity index (χ0) is 19.6. The topological polar surface area (TPSA) is 78.4 Å². The summed E-state index contributed by atoms with van der Waals surface area (Å²) >= 11 is 0. The van der Waals surface area contributed by atoms with Crippen LogP contribution in [-0.2, 0) is 11.2 Å². The van der Waals surface area contributed by atoms with Crippen molar-refractivity contribution in [1.82, 2.24) is 15.6 Å². The number of aliphatic imine (C=N–C) groups is 1. The highest BCUT2D eigenvalue weighted by atomic mass is 127. The number of hydrogen-bond donors (Lipinski definition) is 3. The van der Waals surface area contributed by atoms with Crippen LogP contribution in [0, 0.1) is 19.7 Å². The number of aryl methyl sites for hydroxylation is 2. The number of hydrogen-bond acceptors (Lipinski definition) is 3. The number of nitrogens with zero attached hydrogens (tertiary/aromatic N) is 2. The first kappa shape index (κ1) is 23.8. The van der Waals surface area contributed by atoms with Crippen molar-refractivity contribution in [3.63, 3.8) is 0 Å². The molecule has 2 rings (SSSR count). The molecule has 152 valence electrons. The normalized spacial score (nSPS) is 10.8. The van der Waals surface area contributed by atoms with Gasteiger partial charge in [0.1, 0.15) is 11.6 Å². The summed E-state index contributed by atoms with van der Waals surface area (Å²) in [6.07, 6.45) is 2.77. The lowest BCUT2D eigenvalue weighted by Gasteiger charge is -2.12. The molecule has 1 aromatic heterocycles. The zero-order valence-electron chi connectivity index (χ0n) is 16.4. The minimum atomic E-state index is -0.221. The van der Waals surface area contributed by atoms with E-state index in [1.807, 2.05) is 19.9 Å². The number of aromatic nitrogens is 1. The standard InChI is InChI=1S/C20H26FN5O.HI/c1-14-4-7-18(25-13-14)26-19(27)9-11-24-20(22-3)23-10-8-16-5-6-17(21)12-15(16)2;/h4-7,12-13H,8-11H2,1-3H3,(H2,22,23,24)(H,25,26,27);1H. The molecule has 0 saturated carbocycles. The second-order valence-corrected chi connectivity index (χ2v) is 6.27. The first-order valence-corrected chi connectivity index (χ1v) is 8.90. The third kappa shape index (κ3) is 8.20. The van der Waals surface area contributed by atoms with Crippen LogP contribution in [0.2, 0.25) is 0 Å². The van der Waals surface area contributed by atoms with Crippen LogP contribution >= 0.6 is 24.0 Å². The van der Waals surface area contributed by atoms with Crippen LogP contribution in [0.4, 0.5) is 10.2 Å². The van der Waals surface area contributed by atoms with Crippen molar-refractivity contribution in [2.45, 2.75) is 26.7 Å². The molecule has 0 atom stereocenters. The Bertz CT molecular complexity index is 796. The third-order valence-electron chi connectivity index (χ3n) is 4.04. The predicted molar refractivity (Wildman–Crippen MR) is 122 cm³/mol. The molecule has 0 aliphatic carbocycles. The molecule has 0 spiro atoms. The van der Waals surface area contributed by atoms with Crippen molar-refractivity contribution in [1.29, 1.82) is 0 Å². The number of carbonyl (C=O) groups is 1. The second-order valence-electron chi connectivity index (χ2n) is 6.27. The van der Waals surface area contributed by atoms with Gasteiger partial charge in [0.15, 0.2) is 5.96 Å². The molecule has 6 nitrogen and oxygen atoms in total. The number of carbonyl (C=O) groups excluding carboxylic acids is 1. The van der Waals surface area contributed by atoms with Gasteiger partial charge in [0.05, 0.1) is 0 Å². The Morgan fingerprint density at radius 3 is 2.54 bits per heavy atom. The number of anilines is 1. The lowest BCUT2D eigenvalue weighted by molar-refractivity contribution is -0.116. The number of benzene rings is 1. The first-order valence-electron chi connectivity index (χ1n) is 8.90. The summed E-state index contributed by atoms with van der Waals surface area (Å²) in [5, 5.41) is 9.05. The fraction of sp³-hybridized carbons (Fsp3) is 0.350. The molecule has 0 saturated heterocycles. The zero-order valence-corrected chi connectivity index (χ0v) is 18.7. The van der Waals surface area contributed by atoms with Crippen molar-refractivity contribution in [2.75, 3.05) is 25.5 Å². The molecule has 8 heteroatoms. The van der Waals surface area contributed by atoms with Gasteiger partial charge in [-0.2, -0.15) is 0 Å². The number of amides is 1. The third-order valence-corrected chi connectivity index (χ3v) is 4.04. The Morgan fingerprint density at radius 2 is 1.89 bits per heavy atom. The fourth-order valence-electron chi connectivity index (χ4n) is 2.52. The van der Waals surface area contributed by atoms with Crippen molar-refractivity contribution >= 4 is 41.7 Å². The van der Waals surface area contributed by atoms with Crippen molar-refractivity contribution in [2.24, 2.45) is 4.99 Å². The quantitative estimate of drug-likeness (QED) is 0.311. The molecule has 2 aromatic rings. The minimum absolute atomic E-state index is 0. The van der Waals surface area contributed by atoms with Gasteiger partial charge in [-0.05, 0) is 55.2 Å². The molecule has 0 radical (unpaired) electrons. The lowest BCUT2D eigenvalue weighted by Crippen LogP contribution is -2.39. The van der Waals surface area contributed by atoms with E-state index in [1.54, 1.807) is 25.4 Å². The van der Waals surface area contributed by atoms with Crippen LogP contribution in [0.5, 0.6) is 0 Å². The van der Waals surface area contributed by atoms with Gasteiger partial charge < -0.3 is 16.0 Å². The number of rotatable bonds is 7. The van der Waals surface area contributed by atoms with E-state index in [4.69, 9.17) is 0 Å². The van der Waals surface area contributed by atoms with Gasteiger partial charge in [0, 0.05) is 32.8 Å². The highest BCUT2D eigenvalue weighted by Gasteiger charge is 2.05. The van der Waals surface area contributed by atoms with Crippen LogP contribution in [0.25, 0.3) is 0 Å². The highest BCUT2D eigenvalue weighted by Crippen LogP contribution is 2.10. The Kier molecular flexibility index (Phi) is 10.4. The summed E-state index contributed by atoms with van der Waals surface area (Å²) in [4.78, 5) is 20.2. The van der Waals surface area contributed by atoms with Crippen LogP contribution in [0.1, 0.15) is 23.1 Å². The van der Waals surface area contributed by atoms with E-state index in [9.17, 15) is 9.18 Å². The Hall–Kier alpha value is -2.23. The van der Waals surface area contributed by atoms with E-state index >= 15 is 0 Å². The maximum Gasteiger partial charge on any atom is 0.227 e. The van der Waals surface area contributed by atoms with Gasteiger partial charge in [-0.25, -0.2) is 9.37 Å². The number of guanidine groups is 1. The molecule has 0 bridgehead atoms. The summed E-state index contributed by atoms with van der Waals surface area (Å²) in [6, 6.07) is 8.47. The summed E-state index contributed by atoms with van der Waals surface area (Å²) in [6.45, 7) is 4.95. The van der Waals surface area contributed by atoms with Gasteiger partial charge in [-0.3, -0.25) is 9.79 Å². The molecule has 0 aliphatic heterocycles. The van der Waals surface area contributed by atoms with E-state index < -0.39 is 0 Å². The first-order chi connectivity index (χ1) is 13.0. The van der Waals surface area contributed by atoms with Gasteiger partial charge >= 0.3 is 0 Å². The largest absolute Gasteiger partial charge is 0.356 e. The highest BCUT2D eigenvalue weighted by molar-refractivity contribution is 14.0. The van der Waals surface area contributed by atoms with Gasteiger partial charge in [0.25, 0.3) is 0 Å². The number of pyridine rings is 1. The van der Waals surface area contributed by atoms with Crippen molar-refractivity contribution in [3.8, 4) is 0 Å². The Morgan fingerprint density at radius 1 is 1.14 bits per heavy atom. The number of nitrogens with one attached hydrogen (secondary N) is 3. The molecule has 0 aliphatic rings. The molecule has 28 heavy (non-hydrogen) atoms. The maximum atomic E-state index is 13.1. The van der Waals surface area contributed by atoms with E-state index in [0.29, 0.717) is 31.3 Å². The molecule has 0 fully saturated rings. The number of halogens is 2.